The number of rotatable bonds is 6. The van der Waals surface area contributed by atoms with Gasteiger partial charge < -0.3 is 9.42 Å². The fourth-order valence-electron chi connectivity index (χ4n) is 4.02. The second kappa shape index (κ2) is 8.13. The van der Waals surface area contributed by atoms with Crippen molar-refractivity contribution in [3.05, 3.63) is 11.7 Å². The molecular weight excluding hydrogens is 302 g/mol. The minimum Gasteiger partial charge on any atom is -0.337 e. The summed E-state index contributed by atoms with van der Waals surface area (Å²) in [6.07, 6.45) is 11.1. The molecule has 1 saturated heterocycles. The van der Waals surface area contributed by atoms with E-state index in [4.69, 9.17) is 4.52 Å². The number of carbonyl (C=O) groups excluding carboxylic acids is 1. The van der Waals surface area contributed by atoms with Gasteiger partial charge in [-0.3, -0.25) is 4.79 Å². The van der Waals surface area contributed by atoms with E-state index in [0.29, 0.717) is 18.2 Å². The zero-order valence-electron chi connectivity index (χ0n) is 15.2. The summed E-state index contributed by atoms with van der Waals surface area (Å²) in [4.78, 5) is 19.4. The predicted molar refractivity (Wildman–Crippen MR) is 92.5 cm³/mol. The second-order valence-corrected chi connectivity index (χ2v) is 7.59. The summed E-state index contributed by atoms with van der Waals surface area (Å²) in [7, 11) is 0. The average molecular weight is 333 g/mol. The molecule has 1 saturated carbocycles. The molecular formula is C19H31N3O2. The highest BCUT2D eigenvalue weighted by Gasteiger charge is 2.32. The molecule has 1 amide bonds. The molecule has 24 heavy (non-hydrogen) atoms. The Balaban J connectivity index is 1.63. The monoisotopic (exact) mass is 333 g/mol. The molecule has 1 aliphatic heterocycles. The molecule has 2 fully saturated rings. The molecule has 2 heterocycles. The first-order valence-electron chi connectivity index (χ1n) is 9.82. The van der Waals surface area contributed by atoms with E-state index >= 15 is 0 Å². The number of hydrogen-bond acceptors (Lipinski definition) is 4. The minimum absolute atomic E-state index is 0.0138. The number of likely N-dealkylation sites (tertiary alicyclic amines) is 1. The topological polar surface area (TPSA) is 59.2 Å². The van der Waals surface area contributed by atoms with Gasteiger partial charge >= 0.3 is 0 Å². The van der Waals surface area contributed by atoms with Gasteiger partial charge in [0.25, 0.3) is 0 Å². The van der Waals surface area contributed by atoms with Crippen molar-refractivity contribution < 1.29 is 9.32 Å². The zero-order chi connectivity index (χ0) is 16.9. The molecule has 2 atom stereocenters. The largest absolute Gasteiger partial charge is 0.337 e. The number of amides is 1. The number of carbonyl (C=O) groups is 1. The van der Waals surface area contributed by atoms with Gasteiger partial charge in [0, 0.05) is 18.9 Å². The molecule has 0 spiro atoms. The van der Waals surface area contributed by atoms with Crippen molar-refractivity contribution in [2.24, 2.45) is 5.92 Å². The summed E-state index contributed by atoms with van der Waals surface area (Å²) in [5, 5.41) is 4.14. The molecule has 1 aliphatic carbocycles. The lowest BCUT2D eigenvalue weighted by molar-refractivity contribution is -0.136. The summed E-state index contributed by atoms with van der Waals surface area (Å²) < 4.78 is 5.53. The zero-order valence-corrected chi connectivity index (χ0v) is 15.2. The van der Waals surface area contributed by atoms with Gasteiger partial charge in [-0.05, 0) is 38.0 Å². The van der Waals surface area contributed by atoms with Crippen LogP contribution < -0.4 is 0 Å². The van der Waals surface area contributed by atoms with Crippen LogP contribution in [0.15, 0.2) is 4.52 Å². The van der Waals surface area contributed by atoms with Gasteiger partial charge in [0.05, 0.1) is 0 Å². The summed E-state index contributed by atoms with van der Waals surface area (Å²) in [6.45, 7) is 5.06. The van der Waals surface area contributed by atoms with Gasteiger partial charge in [0.1, 0.15) is 6.04 Å². The third kappa shape index (κ3) is 3.98. The van der Waals surface area contributed by atoms with Gasteiger partial charge in [-0.1, -0.05) is 44.7 Å². The van der Waals surface area contributed by atoms with Crippen LogP contribution >= 0.6 is 0 Å². The summed E-state index contributed by atoms with van der Waals surface area (Å²) in [5.41, 5.74) is 0. The SMILES string of the molecule is CCC(C)c1noc(C2CCCCN2C(=O)CCC2CCCC2)n1. The van der Waals surface area contributed by atoms with Crippen LogP contribution in [0.3, 0.4) is 0 Å². The molecule has 2 aliphatic rings. The predicted octanol–water partition coefficient (Wildman–Crippen LogP) is 4.61. The van der Waals surface area contributed by atoms with Gasteiger partial charge in [-0.25, -0.2) is 0 Å². The van der Waals surface area contributed by atoms with Crippen molar-refractivity contribution in [2.45, 2.75) is 90.0 Å². The van der Waals surface area contributed by atoms with Crippen molar-refractivity contribution in [2.75, 3.05) is 6.54 Å². The lowest BCUT2D eigenvalue weighted by Gasteiger charge is -2.33. The number of aromatic nitrogens is 2. The van der Waals surface area contributed by atoms with Gasteiger partial charge in [-0.2, -0.15) is 4.98 Å². The van der Waals surface area contributed by atoms with Crippen molar-refractivity contribution in [1.29, 1.82) is 0 Å². The highest BCUT2D eigenvalue weighted by molar-refractivity contribution is 5.76. The number of piperidine rings is 1. The van der Waals surface area contributed by atoms with Crippen LogP contribution in [-0.4, -0.2) is 27.5 Å². The van der Waals surface area contributed by atoms with E-state index in [1.165, 1.54) is 25.7 Å². The van der Waals surface area contributed by atoms with Crippen LogP contribution in [0.4, 0.5) is 0 Å². The molecule has 1 aromatic rings. The van der Waals surface area contributed by atoms with Crippen LogP contribution in [0.1, 0.15) is 102 Å². The molecule has 5 heteroatoms. The van der Waals surface area contributed by atoms with E-state index in [1.807, 2.05) is 4.90 Å². The van der Waals surface area contributed by atoms with Crippen LogP contribution in [0.25, 0.3) is 0 Å². The van der Waals surface area contributed by atoms with Gasteiger partial charge in [0.15, 0.2) is 5.82 Å². The Bertz CT molecular complexity index is 536. The molecule has 0 bridgehead atoms. The van der Waals surface area contributed by atoms with Crippen LogP contribution in [-0.2, 0) is 4.79 Å². The molecule has 2 unspecified atom stereocenters. The molecule has 5 nitrogen and oxygen atoms in total. The minimum atomic E-state index is -0.0138. The third-order valence-corrected chi connectivity index (χ3v) is 5.86. The highest BCUT2D eigenvalue weighted by Crippen LogP contribution is 2.33. The van der Waals surface area contributed by atoms with Crippen LogP contribution in [0.5, 0.6) is 0 Å². The van der Waals surface area contributed by atoms with E-state index in [0.717, 1.165) is 50.4 Å². The maximum atomic E-state index is 12.8. The van der Waals surface area contributed by atoms with Gasteiger partial charge in [-0.15, -0.1) is 0 Å². The van der Waals surface area contributed by atoms with Crippen LogP contribution in [0, 0.1) is 5.92 Å². The number of hydrogen-bond donors (Lipinski definition) is 0. The molecule has 0 aromatic carbocycles. The third-order valence-electron chi connectivity index (χ3n) is 5.86. The van der Waals surface area contributed by atoms with Crippen molar-refractivity contribution >= 4 is 5.91 Å². The molecule has 0 radical (unpaired) electrons. The van der Waals surface area contributed by atoms with Crippen molar-refractivity contribution in [3.8, 4) is 0 Å². The molecule has 0 N–H and O–H groups in total. The summed E-state index contributed by atoms with van der Waals surface area (Å²) in [5.74, 6) is 2.75. The first-order chi connectivity index (χ1) is 11.7. The standard InChI is InChI=1S/C19H31N3O2/c1-3-14(2)18-20-19(24-21-18)16-10-6-7-13-22(16)17(23)12-11-15-8-4-5-9-15/h14-16H,3-13H2,1-2H3. The molecule has 3 rings (SSSR count). The Labute approximate surface area is 145 Å². The summed E-state index contributed by atoms with van der Waals surface area (Å²) >= 11 is 0. The molecule has 1 aromatic heterocycles. The quantitative estimate of drug-likeness (QED) is 0.763. The van der Waals surface area contributed by atoms with E-state index in [9.17, 15) is 4.79 Å². The smallest absolute Gasteiger partial charge is 0.249 e. The van der Waals surface area contributed by atoms with E-state index in [-0.39, 0.29) is 11.9 Å². The molecule has 134 valence electrons. The van der Waals surface area contributed by atoms with E-state index < -0.39 is 0 Å². The Morgan fingerprint density at radius 2 is 2.00 bits per heavy atom. The fourth-order valence-corrected chi connectivity index (χ4v) is 4.02. The Morgan fingerprint density at radius 1 is 1.25 bits per heavy atom. The summed E-state index contributed by atoms with van der Waals surface area (Å²) in [6, 6.07) is -0.0138. The average Bonchev–Trinajstić information content (AvgIpc) is 3.30. The highest BCUT2D eigenvalue weighted by atomic mass is 16.5. The Kier molecular flexibility index (Phi) is 5.90. The number of nitrogens with zero attached hydrogens (tertiary/aromatic N) is 3. The maximum Gasteiger partial charge on any atom is 0.249 e. The van der Waals surface area contributed by atoms with Gasteiger partial charge in [0.2, 0.25) is 11.8 Å². The lowest BCUT2D eigenvalue weighted by Crippen LogP contribution is -2.38. The first kappa shape index (κ1) is 17.4. The lowest BCUT2D eigenvalue weighted by atomic mass is 9.98. The normalized spacial score (nSPS) is 23.6. The second-order valence-electron chi connectivity index (χ2n) is 7.59. The Morgan fingerprint density at radius 3 is 2.75 bits per heavy atom. The van der Waals surface area contributed by atoms with Crippen LogP contribution in [0.2, 0.25) is 0 Å². The van der Waals surface area contributed by atoms with E-state index in [2.05, 4.69) is 24.0 Å². The fraction of sp³-hybridized carbons (Fsp3) is 0.842. The van der Waals surface area contributed by atoms with Crippen molar-refractivity contribution in [1.82, 2.24) is 15.0 Å². The Hall–Kier alpha value is -1.39. The first-order valence-corrected chi connectivity index (χ1v) is 9.82. The van der Waals surface area contributed by atoms with E-state index in [1.54, 1.807) is 0 Å². The maximum absolute atomic E-state index is 12.8. The van der Waals surface area contributed by atoms with Crippen molar-refractivity contribution in [3.63, 3.8) is 0 Å².